The Balaban J connectivity index is 1.56. The molecule has 0 spiro atoms. The van der Waals surface area contributed by atoms with Crippen molar-refractivity contribution in [1.82, 2.24) is 20.1 Å². The van der Waals surface area contributed by atoms with Gasteiger partial charge in [-0.2, -0.15) is 15.0 Å². The first-order valence-corrected chi connectivity index (χ1v) is 9.53. The maximum absolute atomic E-state index is 12.3. The van der Waals surface area contributed by atoms with Crippen LogP contribution in [0.4, 0.5) is 0 Å². The van der Waals surface area contributed by atoms with Crippen LogP contribution in [0, 0.1) is 24.2 Å². The predicted molar refractivity (Wildman–Crippen MR) is 108 cm³/mol. The average Bonchev–Trinajstić information content (AvgIpc) is 3.51. The van der Waals surface area contributed by atoms with Crippen LogP contribution < -0.4 is 5.32 Å². The van der Waals surface area contributed by atoms with Crippen LogP contribution >= 0.6 is 0 Å². The van der Waals surface area contributed by atoms with Crippen molar-refractivity contribution in [2.24, 2.45) is 5.92 Å². The lowest BCUT2D eigenvalue weighted by atomic mass is 10.0. The summed E-state index contributed by atoms with van der Waals surface area (Å²) in [5.74, 6) is 0.787. The van der Waals surface area contributed by atoms with Crippen molar-refractivity contribution in [3.8, 4) is 28.9 Å². The monoisotopic (exact) mass is 387 g/mol. The van der Waals surface area contributed by atoms with E-state index in [4.69, 9.17) is 5.26 Å². The molecule has 3 aromatic rings. The number of aromatic hydroxyl groups is 1. The number of benzene rings is 1. The number of carbonyl (C=O) groups is 1. The van der Waals surface area contributed by atoms with Gasteiger partial charge < -0.3 is 10.4 Å². The van der Waals surface area contributed by atoms with Gasteiger partial charge in [-0.15, -0.1) is 0 Å². The molecular weight excluding hydrogens is 366 g/mol. The van der Waals surface area contributed by atoms with Crippen molar-refractivity contribution in [2.75, 3.05) is 0 Å². The summed E-state index contributed by atoms with van der Waals surface area (Å²) in [7, 11) is 0. The number of aryl methyl sites for hydroxylation is 1. The molecular formula is C22H21N5O2. The topological polar surface area (TPSA) is 104 Å². The minimum Gasteiger partial charge on any atom is -0.493 e. The van der Waals surface area contributed by atoms with E-state index in [1.165, 1.54) is 10.9 Å². The number of hydrogen-bond donors (Lipinski definition) is 2. The van der Waals surface area contributed by atoms with Gasteiger partial charge in [0.05, 0.1) is 29.0 Å². The number of nitrogens with zero attached hydrogens (tertiary/aromatic N) is 4. The lowest BCUT2D eigenvalue weighted by Gasteiger charge is -2.12. The molecule has 1 aliphatic carbocycles. The molecule has 2 N–H and O–H groups in total. The summed E-state index contributed by atoms with van der Waals surface area (Å²) in [4.78, 5) is 16.6. The summed E-state index contributed by atoms with van der Waals surface area (Å²) in [5.41, 5.74) is 3.23. The van der Waals surface area contributed by atoms with E-state index in [0.29, 0.717) is 28.4 Å². The standard InChI is InChI=1S/C22H21N5O2/c1-13-9-15(10-23)3-7-18(13)19-12-25-27(22(19)29)20-8-6-17(11-24-20)21(28)26-14(2)16-4-5-16/h3,6-9,11-12,14,16,29H,4-5H2,1-2H3,(H,26,28). The van der Waals surface area contributed by atoms with Crippen LogP contribution in [0.15, 0.2) is 42.7 Å². The van der Waals surface area contributed by atoms with E-state index in [1.54, 1.807) is 36.5 Å². The minimum atomic E-state index is -0.151. The van der Waals surface area contributed by atoms with Gasteiger partial charge in [0.2, 0.25) is 5.88 Å². The van der Waals surface area contributed by atoms with Gasteiger partial charge in [-0.1, -0.05) is 6.07 Å². The van der Waals surface area contributed by atoms with Gasteiger partial charge in [0, 0.05) is 12.2 Å². The van der Waals surface area contributed by atoms with Crippen molar-refractivity contribution in [3.05, 3.63) is 59.4 Å². The molecule has 146 valence electrons. The van der Waals surface area contributed by atoms with Crippen LogP contribution in [0.25, 0.3) is 16.9 Å². The van der Waals surface area contributed by atoms with E-state index < -0.39 is 0 Å². The molecule has 1 saturated carbocycles. The number of rotatable bonds is 5. The highest BCUT2D eigenvalue weighted by atomic mass is 16.3. The minimum absolute atomic E-state index is 0.0511. The van der Waals surface area contributed by atoms with Gasteiger partial charge in [-0.3, -0.25) is 4.79 Å². The van der Waals surface area contributed by atoms with Crippen LogP contribution in [-0.2, 0) is 0 Å². The number of nitriles is 1. The van der Waals surface area contributed by atoms with Crippen LogP contribution in [0.3, 0.4) is 0 Å². The maximum atomic E-state index is 12.3. The zero-order chi connectivity index (χ0) is 20.5. The van der Waals surface area contributed by atoms with Gasteiger partial charge in [-0.05, 0) is 68.0 Å². The molecule has 2 aromatic heterocycles. The molecule has 1 atom stereocenters. The van der Waals surface area contributed by atoms with E-state index in [-0.39, 0.29) is 17.8 Å². The van der Waals surface area contributed by atoms with Crippen LogP contribution in [-0.4, -0.2) is 31.8 Å². The van der Waals surface area contributed by atoms with Crippen molar-refractivity contribution in [2.45, 2.75) is 32.7 Å². The lowest BCUT2D eigenvalue weighted by molar-refractivity contribution is 0.0935. The molecule has 0 saturated heterocycles. The molecule has 0 aliphatic heterocycles. The first-order chi connectivity index (χ1) is 14.0. The van der Waals surface area contributed by atoms with Crippen LogP contribution in [0.2, 0.25) is 0 Å². The Morgan fingerprint density at radius 1 is 1.28 bits per heavy atom. The molecule has 4 rings (SSSR count). The Hall–Kier alpha value is -3.66. The largest absolute Gasteiger partial charge is 0.493 e. The first kappa shape index (κ1) is 18.7. The highest BCUT2D eigenvalue weighted by Gasteiger charge is 2.29. The van der Waals surface area contributed by atoms with Crippen molar-refractivity contribution in [3.63, 3.8) is 0 Å². The van der Waals surface area contributed by atoms with E-state index in [0.717, 1.165) is 24.0 Å². The quantitative estimate of drug-likeness (QED) is 0.699. The number of carbonyl (C=O) groups excluding carboxylic acids is 1. The summed E-state index contributed by atoms with van der Waals surface area (Å²) in [5, 5.41) is 26.9. The smallest absolute Gasteiger partial charge is 0.253 e. The number of hydrogen-bond acceptors (Lipinski definition) is 5. The fourth-order valence-electron chi connectivity index (χ4n) is 3.38. The first-order valence-electron chi connectivity index (χ1n) is 9.53. The molecule has 2 heterocycles. The molecule has 1 amide bonds. The predicted octanol–water partition coefficient (Wildman–Crippen LogP) is 3.35. The molecule has 0 bridgehead atoms. The Labute approximate surface area is 168 Å². The number of amides is 1. The van der Waals surface area contributed by atoms with E-state index in [9.17, 15) is 9.90 Å². The second-order valence-electron chi connectivity index (χ2n) is 7.44. The number of aromatic nitrogens is 3. The van der Waals surface area contributed by atoms with E-state index >= 15 is 0 Å². The molecule has 1 fully saturated rings. The van der Waals surface area contributed by atoms with E-state index in [2.05, 4.69) is 21.5 Å². The molecule has 7 nitrogen and oxygen atoms in total. The van der Waals surface area contributed by atoms with Crippen molar-refractivity contribution >= 4 is 5.91 Å². The average molecular weight is 387 g/mol. The van der Waals surface area contributed by atoms with Gasteiger partial charge in [0.15, 0.2) is 5.82 Å². The van der Waals surface area contributed by atoms with Crippen molar-refractivity contribution in [1.29, 1.82) is 5.26 Å². The Kier molecular flexibility index (Phi) is 4.77. The summed E-state index contributed by atoms with van der Waals surface area (Å²) < 4.78 is 1.32. The van der Waals surface area contributed by atoms with Crippen LogP contribution in [0.1, 0.15) is 41.3 Å². The summed E-state index contributed by atoms with van der Waals surface area (Å²) in [6.45, 7) is 3.90. The van der Waals surface area contributed by atoms with Crippen LogP contribution in [0.5, 0.6) is 5.88 Å². The van der Waals surface area contributed by atoms with Gasteiger partial charge in [0.25, 0.3) is 5.91 Å². The van der Waals surface area contributed by atoms with Gasteiger partial charge in [0.1, 0.15) is 0 Å². The van der Waals surface area contributed by atoms with Gasteiger partial charge in [-0.25, -0.2) is 4.98 Å². The molecule has 7 heteroatoms. The maximum Gasteiger partial charge on any atom is 0.253 e. The van der Waals surface area contributed by atoms with Gasteiger partial charge >= 0.3 is 0 Å². The Bertz CT molecular complexity index is 1110. The molecule has 1 aromatic carbocycles. The fraction of sp³-hybridized carbons (Fsp3) is 0.273. The molecule has 1 aliphatic rings. The SMILES string of the molecule is Cc1cc(C#N)ccc1-c1cnn(-c2ccc(C(=O)NC(C)C3CC3)cn2)c1O. The molecule has 0 radical (unpaired) electrons. The fourth-order valence-corrected chi connectivity index (χ4v) is 3.38. The lowest BCUT2D eigenvalue weighted by Crippen LogP contribution is -2.34. The third kappa shape index (κ3) is 3.69. The normalized spacial score (nSPS) is 14.2. The summed E-state index contributed by atoms with van der Waals surface area (Å²) in [6, 6.07) is 10.8. The highest BCUT2D eigenvalue weighted by molar-refractivity contribution is 5.94. The second-order valence-corrected chi connectivity index (χ2v) is 7.44. The molecule has 29 heavy (non-hydrogen) atoms. The number of nitrogens with one attached hydrogen (secondary N) is 1. The second kappa shape index (κ2) is 7.40. The third-order valence-corrected chi connectivity index (χ3v) is 5.30. The third-order valence-electron chi connectivity index (χ3n) is 5.30. The summed E-state index contributed by atoms with van der Waals surface area (Å²) in [6.07, 6.45) is 5.37. The van der Waals surface area contributed by atoms with E-state index in [1.807, 2.05) is 13.8 Å². The Morgan fingerprint density at radius 3 is 2.69 bits per heavy atom. The zero-order valence-electron chi connectivity index (χ0n) is 16.3. The van der Waals surface area contributed by atoms with Crippen molar-refractivity contribution < 1.29 is 9.90 Å². The summed E-state index contributed by atoms with van der Waals surface area (Å²) >= 11 is 0. The number of pyridine rings is 1. The zero-order valence-corrected chi connectivity index (χ0v) is 16.3. The molecule has 1 unspecified atom stereocenters. The highest BCUT2D eigenvalue weighted by Crippen LogP contribution is 2.33. The Morgan fingerprint density at radius 2 is 2.07 bits per heavy atom.